The lowest BCUT2D eigenvalue weighted by Crippen LogP contribution is -2.01. The standard InChI is InChI=1S/C18H13N7/c1-12-2-4-13(5-3-12)16-23-17(14-6-19-10-20-7-14)25-18(24-16)15-8-21-11-22-9-15/h2-11H,1H3. The van der Waals surface area contributed by atoms with Crippen molar-refractivity contribution in [2.45, 2.75) is 6.92 Å². The molecular weight excluding hydrogens is 314 g/mol. The van der Waals surface area contributed by atoms with Crippen molar-refractivity contribution in [3.8, 4) is 34.2 Å². The van der Waals surface area contributed by atoms with Gasteiger partial charge in [-0.15, -0.1) is 0 Å². The van der Waals surface area contributed by atoms with Gasteiger partial charge in [0, 0.05) is 30.4 Å². The first-order chi connectivity index (χ1) is 12.3. The summed E-state index contributed by atoms with van der Waals surface area (Å²) >= 11 is 0. The van der Waals surface area contributed by atoms with Crippen LogP contribution in [0.3, 0.4) is 0 Å². The van der Waals surface area contributed by atoms with Crippen LogP contribution < -0.4 is 0 Å². The Bertz CT molecular complexity index is 929. The average Bonchev–Trinajstić information content (AvgIpc) is 2.69. The van der Waals surface area contributed by atoms with E-state index < -0.39 is 0 Å². The van der Waals surface area contributed by atoms with Crippen LogP contribution >= 0.6 is 0 Å². The van der Waals surface area contributed by atoms with E-state index in [1.165, 1.54) is 18.2 Å². The number of nitrogens with zero attached hydrogens (tertiary/aromatic N) is 7. The average molecular weight is 327 g/mol. The fraction of sp³-hybridized carbons (Fsp3) is 0.0556. The van der Waals surface area contributed by atoms with Gasteiger partial charge in [-0.25, -0.2) is 34.9 Å². The molecular formula is C18H13N7. The zero-order valence-electron chi connectivity index (χ0n) is 13.4. The van der Waals surface area contributed by atoms with Crippen LogP contribution in [0.15, 0.2) is 61.7 Å². The summed E-state index contributed by atoms with van der Waals surface area (Å²) in [5.74, 6) is 1.59. The van der Waals surface area contributed by atoms with E-state index in [1.807, 2.05) is 31.2 Å². The van der Waals surface area contributed by atoms with Gasteiger partial charge in [-0.2, -0.15) is 0 Å². The second-order valence-corrected chi connectivity index (χ2v) is 5.43. The molecule has 0 aliphatic rings. The van der Waals surface area contributed by atoms with Crippen LogP contribution in [0.2, 0.25) is 0 Å². The molecule has 0 unspecified atom stereocenters. The first-order valence-corrected chi connectivity index (χ1v) is 7.63. The maximum atomic E-state index is 4.59. The van der Waals surface area contributed by atoms with Crippen LogP contribution in [-0.2, 0) is 0 Å². The first-order valence-electron chi connectivity index (χ1n) is 7.63. The van der Waals surface area contributed by atoms with Crippen molar-refractivity contribution in [2.75, 3.05) is 0 Å². The van der Waals surface area contributed by atoms with Crippen molar-refractivity contribution < 1.29 is 0 Å². The molecule has 120 valence electrons. The van der Waals surface area contributed by atoms with Crippen LogP contribution in [0.25, 0.3) is 34.2 Å². The molecule has 0 amide bonds. The minimum Gasteiger partial charge on any atom is -0.244 e. The van der Waals surface area contributed by atoms with Gasteiger partial charge in [0.25, 0.3) is 0 Å². The largest absolute Gasteiger partial charge is 0.244 e. The van der Waals surface area contributed by atoms with E-state index in [-0.39, 0.29) is 0 Å². The van der Waals surface area contributed by atoms with Crippen molar-refractivity contribution in [1.82, 2.24) is 34.9 Å². The molecule has 25 heavy (non-hydrogen) atoms. The Morgan fingerprint density at radius 3 is 1.36 bits per heavy atom. The van der Waals surface area contributed by atoms with E-state index in [0.29, 0.717) is 17.5 Å². The summed E-state index contributed by atoms with van der Waals surface area (Å²) in [6.45, 7) is 2.04. The summed E-state index contributed by atoms with van der Waals surface area (Å²) in [5.41, 5.74) is 3.52. The number of aromatic nitrogens is 7. The highest BCUT2D eigenvalue weighted by molar-refractivity contribution is 5.65. The van der Waals surface area contributed by atoms with Gasteiger partial charge in [0.15, 0.2) is 17.5 Å². The Morgan fingerprint density at radius 1 is 0.520 bits per heavy atom. The fourth-order valence-corrected chi connectivity index (χ4v) is 2.29. The normalized spacial score (nSPS) is 10.6. The van der Waals surface area contributed by atoms with E-state index in [1.54, 1.807) is 24.8 Å². The molecule has 3 aromatic heterocycles. The molecule has 0 spiro atoms. The van der Waals surface area contributed by atoms with Crippen molar-refractivity contribution >= 4 is 0 Å². The third kappa shape index (κ3) is 3.20. The van der Waals surface area contributed by atoms with E-state index in [0.717, 1.165) is 16.7 Å². The second kappa shape index (κ2) is 6.48. The molecule has 3 heterocycles. The van der Waals surface area contributed by atoms with Gasteiger partial charge in [-0.05, 0) is 6.92 Å². The Hall–Kier alpha value is -3.61. The number of aryl methyl sites for hydroxylation is 1. The minimum atomic E-state index is 0.505. The van der Waals surface area contributed by atoms with Crippen LogP contribution in [0, 0.1) is 6.92 Å². The topological polar surface area (TPSA) is 90.2 Å². The molecule has 0 N–H and O–H groups in total. The number of benzene rings is 1. The molecule has 0 saturated heterocycles. The molecule has 0 fully saturated rings. The summed E-state index contributed by atoms with van der Waals surface area (Å²) < 4.78 is 0. The predicted molar refractivity (Wildman–Crippen MR) is 92.1 cm³/mol. The molecule has 0 radical (unpaired) electrons. The first kappa shape index (κ1) is 14.9. The zero-order chi connectivity index (χ0) is 17.1. The van der Waals surface area contributed by atoms with Crippen molar-refractivity contribution in [3.63, 3.8) is 0 Å². The molecule has 1 aromatic carbocycles. The summed E-state index contributed by atoms with van der Waals surface area (Å²) in [7, 11) is 0. The van der Waals surface area contributed by atoms with E-state index in [4.69, 9.17) is 0 Å². The quantitative estimate of drug-likeness (QED) is 0.571. The Balaban J connectivity index is 1.90. The predicted octanol–water partition coefficient (Wildman–Crippen LogP) is 2.76. The molecule has 0 aliphatic carbocycles. The molecule has 0 saturated carbocycles. The van der Waals surface area contributed by atoms with E-state index in [9.17, 15) is 0 Å². The third-order valence-electron chi connectivity index (χ3n) is 3.58. The lowest BCUT2D eigenvalue weighted by atomic mass is 10.1. The second-order valence-electron chi connectivity index (χ2n) is 5.43. The third-order valence-corrected chi connectivity index (χ3v) is 3.58. The van der Waals surface area contributed by atoms with Gasteiger partial charge in [0.2, 0.25) is 0 Å². The van der Waals surface area contributed by atoms with Crippen LogP contribution in [0.1, 0.15) is 5.56 Å². The maximum absolute atomic E-state index is 4.59. The van der Waals surface area contributed by atoms with Gasteiger partial charge in [-0.3, -0.25) is 0 Å². The number of rotatable bonds is 3. The molecule has 7 nitrogen and oxygen atoms in total. The number of hydrogen-bond donors (Lipinski definition) is 0. The number of hydrogen-bond acceptors (Lipinski definition) is 7. The summed E-state index contributed by atoms with van der Waals surface area (Å²) in [5, 5.41) is 0. The zero-order valence-corrected chi connectivity index (χ0v) is 13.4. The highest BCUT2D eigenvalue weighted by atomic mass is 15.0. The Labute approximate surface area is 144 Å². The summed E-state index contributed by atoms with van der Waals surface area (Å²) in [4.78, 5) is 29.9. The highest BCUT2D eigenvalue weighted by Crippen LogP contribution is 2.23. The molecule has 7 heteroatoms. The van der Waals surface area contributed by atoms with Gasteiger partial charge in [-0.1, -0.05) is 29.8 Å². The summed E-state index contributed by atoms with van der Waals surface area (Å²) in [6, 6.07) is 8.02. The van der Waals surface area contributed by atoms with Crippen molar-refractivity contribution in [2.24, 2.45) is 0 Å². The lowest BCUT2D eigenvalue weighted by Gasteiger charge is -2.07. The monoisotopic (exact) mass is 327 g/mol. The van der Waals surface area contributed by atoms with Crippen LogP contribution in [-0.4, -0.2) is 34.9 Å². The summed E-state index contributed by atoms with van der Waals surface area (Å²) in [6.07, 6.45) is 9.63. The molecule has 4 rings (SSSR count). The van der Waals surface area contributed by atoms with E-state index >= 15 is 0 Å². The van der Waals surface area contributed by atoms with Crippen molar-refractivity contribution in [1.29, 1.82) is 0 Å². The lowest BCUT2D eigenvalue weighted by molar-refractivity contribution is 1.05. The SMILES string of the molecule is Cc1ccc(-c2nc(-c3cncnc3)nc(-c3cncnc3)n2)cc1. The molecule has 0 aliphatic heterocycles. The molecule has 4 aromatic rings. The fourth-order valence-electron chi connectivity index (χ4n) is 2.29. The molecule has 0 atom stereocenters. The Kier molecular flexibility index (Phi) is 3.88. The molecule has 0 bridgehead atoms. The minimum absolute atomic E-state index is 0.505. The van der Waals surface area contributed by atoms with Gasteiger partial charge in [0.1, 0.15) is 12.7 Å². The van der Waals surface area contributed by atoms with Crippen LogP contribution in [0.5, 0.6) is 0 Å². The van der Waals surface area contributed by atoms with Crippen LogP contribution in [0.4, 0.5) is 0 Å². The van der Waals surface area contributed by atoms with Gasteiger partial charge in [0.05, 0.1) is 11.1 Å². The maximum Gasteiger partial charge on any atom is 0.167 e. The highest BCUT2D eigenvalue weighted by Gasteiger charge is 2.12. The van der Waals surface area contributed by atoms with Crippen molar-refractivity contribution in [3.05, 3.63) is 67.3 Å². The van der Waals surface area contributed by atoms with Gasteiger partial charge < -0.3 is 0 Å². The Morgan fingerprint density at radius 2 is 0.920 bits per heavy atom. The van der Waals surface area contributed by atoms with Gasteiger partial charge >= 0.3 is 0 Å². The van der Waals surface area contributed by atoms with E-state index in [2.05, 4.69) is 34.9 Å². The smallest absolute Gasteiger partial charge is 0.167 e.